The molecule has 1 heterocycles. The Morgan fingerprint density at radius 1 is 1.07 bits per heavy atom. The van der Waals surface area contributed by atoms with Crippen molar-refractivity contribution in [3.8, 4) is 0 Å². The molecule has 0 aliphatic carbocycles. The molecular weight excluding hydrogens is 340 g/mol. The highest BCUT2D eigenvalue weighted by atomic mass is 16.2. The molecule has 0 atom stereocenters. The van der Waals surface area contributed by atoms with Crippen molar-refractivity contribution in [2.24, 2.45) is 0 Å². The second-order valence-electron chi connectivity index (χ2n) is 6.14. The van der Waals surface area contributed by atoms with Crippen molar-refractivity contribution in [1.82, 2.24) is 9.55 Å². The summed E-state index contributed by atoms with van der Waals surface area (Å²) in [4.78, 5) is 28.6. The van der Waals surface area contributed by atoms with Crippen LogP contribution in [0, 0.1) is 0 Å². The van der Waals surface area contributed by atoms with Gasteiger partial charge in [0, 0.05) is 42.3 Å². The predicted molar refractivity (Wildman–Crippen MR) is 106 cm³/mol. The van der Waals surface area contributed by atoms with Crippen molar-refractivity contribution in [3.63, 3.8) is 0 Å². The lowest BCUT2D eigenvalue weighted by molar-refractivity contribution is -0.116. The molecule has 1 aromatic heterocycles. The van der Waals surface area contributed by atoms with Gasteiger partial charge in [-0.25, -0.2) is 4.98 Å². The summed E-state index contributed by atoms with van der Waals surface area (Å²) >= 11 is 0. The first-order chi connectivity index (χ1) is 13.2. The molecule has 2 aromatic carbocycles. The normalized spacial score (nSPS) is 10.4. The molecule has 0 spiro atoms. The molecule has 138 valence electrons. The molecule has 0 aliphatic rings. The first-order valence-electron chi connectivity index (χ1n) is 8.90. The number of nitrogens with one attached hydrogen (secondary N) is 2. The number of carbonyl (C=O) groups excluding carboxylic acids is 2. The van der Waals surface area contributed by atoms with Gasteiger partial charge < -0.3 is 15.2 Å². The molecule has 2 N–H and O–H groups in total. The van der Waals surface area contributed by atoms with Crippen LogP contribution < -0.4 is 10.6 Å². The number of carbonyl (C=O) groups is 2. The Labute approximate surface area is 158 Å². The highest BCUT2D eigenvalue weighted by Crippen LogP contribution is 2.18. The topological polar surface area (TPSA) is 76.0 Å². The van der Waals surface area contributed by atoms with Gasteiger partial charge in [0.25, 0.3) is 5.91 Å². The molecule has 0 aliphatic heterocycles. The zero-order valence-corrected chi connectivity index (χ0v) is 15.2. The van der Waals surface area contributed by atoms with Crippen molar-refractivity contribution in [2.75, 3.05) is 10.6 Å². The Morgan fingerprint density at radius 3 is 2.70 bits per heavy atom. The van der Waals surface area contributed by atoms with Gasteiger partial charge in [0.15, 0.2) is 0 Å². The zero-order valence-electron chi connectivity index (χ0n) is 15.2. The molecule has 27 heavy (non-hydrogen) atoms. The van der Waals surface area contributed by atoms with Crippen LogP contribution in [0.2, 0.25) is 0 Å². The number of imidazole rings is 1. The van der Waals surface area contributed by atoms with Crippen LogP contribution in [0.4, 0.5) is 11.4 Å². The Bertz CT molecular complexity index is 919. The van der Waals surface area contributed by atoms with Crippen molar-refractivity contribution >= 4 is 23.2 Å². The number of hydrogen-bond donors (Lipinski definition) is 2. The van der Waals surface area contributed by atoms with E-state index in [-0.39, 0.29) is 11.8 Å². The van der Waals surface area contributed by atoms with Gasteiger partial charge in [-0.3, -0.25) is 9.59 Å². The molecule has 0 radical (unpaired) electrons. The van der Waals surface area contributed by atoms with Crippen LogP contribution in [-0.2, 0) is 17.8 Å². The molecular formula is C21H22N4O2. The Balaban J connectivity index is 1.62. The molecule has 0 fully saturated rings. The van der Waals surface area contributed by atoms with Crippen molar-refractivity contribution in [3.05, 3.63) is 78.4 Å². The van der Waals surface area contributed by atoms with Gasteiger partial charge in [0.05, 0.1) is 6.33 Å². The van der Waals surface area contributed by atoms with Crippen LogP contribution in [0.3, 0.4) is 0 Å². The molecule has 0 saturated carbocycles. The third-order valence-corrected chi connectivity index (χ3v) is 4.21. The summed E-state index contributed by atoms with van der Waals surface area (Å²) in [7, 11) is 0. The van der Waals surface area contributed by atoms with E-state index in [0.717, 1.165) is 17.7 Å². The van der Waals surface area contributed by atoms with Crippen molar-refractivity contribution < 1.29 is 9.59 Å². The van der Waals surface area contributed by atoms with Crippen LogP contribution in [-0.4, -0.2) is 21.4 Å². The molecule has 3 rings (SSSR count). The van der Waals surface area contributed by atoms with Crippen LogP contribution in [0.25, 0.3) is 0 Å². The summed E-state index contributed by atoms with van der Waals surface area (Å²) in [6.07, 6.45) is 6.33. The highest BCUT2D eigenvalue weighted by molar-refractivity contribution is 6.05. The second kappa shape index (κ2) is 8.80. The van der Waals surface area contributed by atoms with Crippen molar-refractivity contribution in [2.45, 2.75) is 26.3 Å². The largest absolute Gasteiger partial charge is 0.337 e. The van der Waals surface area contributed by atoms with Crippen LogP contribution >= 0.6 is 0 Å². The average Bonchev–Trinajstić information content (AvgIpc) is 3.21. The first kappa shape index (κ1) is 18.4. The van der Waals surface area contributed by atoms with E-state index in [1.54, 1.807) is 36.8 Å². The van der Waals surface area contributed by atoms with Gasteiger partial charge in [0.2, 0.25) is 5.91 Å². The van der Waals surface area contributed by atoms with Crippen LogP contribution in [0.1, 0.15) is 29.3 Å². The minimum absolute atomic E-state index is 0.113. The molecule has 0 unspecified atom stereocenters. The quantitative estimate of drug-likeness (QED) is 0.672. The molecule has 0 bridgehead atoms. The minimum Gasteiger partial charge on any atom is -0.337 e. The van der Waals surface area contributed by atoms with E-state index in [1.807, 2.05) is 42.0 Å². The number of anilines is 2. The Morgan fingerprint density at radius 2 is 1.93 bits per heavy atom. The van der Waals surface area contributed by atoms with E-state index in [9.17, 15) is 9.59 Å². The fourth-order valence-corrected chi connectivity index (χ4v) is 2.76. The predicted octanol–water partition coefficient (Wildman–Crippen LogP) is 3.73. The maximum absolute atomic E-state index is 12.6. The fraction of sp³-hybridized carbons (Fsp3) is 0.190. The van der Waals surface area contributed by atoms with Crippen LogP contribution in [0.5, 0.6) is 0 Å². The Hall–Kier alpha value is -3.41. The maximum Gasteiger partial charge on any atom is 0.255 e. The lowest BCUT2D eigenvalue weighted by atomic mass is 10.1. The number of aromatic nitrogens is 2. The van der Waals surface area contributed by atoms with E-state index in [2.05, 4.69) is 15.6 Å². The summed E-state index contributed by atoms with van der Waals surface area (Å²) in [6, 6.07) is 14.7. The molecule has 6 nitrogen and oxygen atoms in total. The summed E-state index contributed by atoms with van der Waals surface area (Å²) < 4.78 is 1.84. The smallest absolute Gasteiger partial charge is 0.255 e. The van der Waals surface area contributed by atoms with E-state index >= 15 is 0 Å². The molecule has 2 amide bonds. The van der Waals surface area contributed by atoms with Crippen LogP contribution in [0.15, 0.2) is 67.3 Å². The first-order valence-corrected chi connectivity index (χ1v) is 8.90. The number of para-hydroxylation sites is 1. The van der Waals surface area contributed by atoms with E-state index in [0.29, 0.717) is 24.2 Å². The summed E-state index contributed by atoms with van der Waals surface area (Å²) in [5.41, 5.74) is 2.98. The third-order valence-electron chi connectivity index (χ3n) is 4.21. The van der Waals surface area contributed by atoms with Gasteiger partial charge in [-0.05, 0) is 36.2 Å². The summed E-state index contributed by atoms with van der Waals surface area (Å²) in [5, 5.41) is 5.77. The van der Waals surface area contributed by atoms with E-state index in [4.69, 9.17) is 0 Å². The van der Waals surface area contributed by atoms with Gasteiger partial charge in [-0.1, -0.05) is 31.2 Å². The minimum atomic E-state index is -0.203. The Kier molecular flexibility index (Phi) is 5.99. The van der Waals surface area contributed by atoms with Gasteiger partial charge >= 0.3 is 0 Å². The molecule has 6 heteroatoms. The monoisotopic (exact) mass is 362 g/mol. The van der Waals surface area contributed by atoms with Gasteiger partial charge in [0.1, 0.15) is 0 Å². The second-order valence-corrected chi connectivity index (χ2v) is 6.14. The number of nitrogens with zero attached hydrogens (tertiary/aromatic N) is 2. The summed E-state index contributed by atoms with van der Waals surface area (Å²) in [6.45, 7) is 2.60. The molecule has 0 saturated heterocycles. The lowest BCUT2D eigenvalue weighted by Crippen LogP contribution is -2.16. The SMILES string of the molecule is CCc1ccccc1NC(=O)c1cccc(NC(=O)CCn2ccnc2)c1. The van der Waals surface area contributed by atoms with Gasteiger partial charge in [-0.2, -0.15) is 0 Å². The number of rotatable bonds is 7. The molecule has 3 aromatic rings. The fourth-order valence-electron chi connectivity index (χ4n) is 2.76. The zero-order chi connectivity index (χ0) is 19.1. The van der Waals surface area contributed by atoms with Gasteiger partial charge in [-0.15, -0.1) is 0 Å². The highest BCUT2D eigenvalue weighted by Gasteiger charge is 2.10. The number of benzene rings is 2. The average molecular weight is 362 g/mol. The van der Waals surface area contributed by atoms with E-state index in [1.165, 1.54) is 0 Å². The third kappa shape index (κ3) is 5.04. The lowest BCUT2D eigenvalue weighted by Gasteiger charge is -2.11. The maximum atomic E-state index is 12.6. The standard InChI is InChI=1S/C21H22N4O2/c1-2-16-6-3-4-9-19(16)24-21(27)17-7-5-8-18(14-17)23-20(26)10-12-25-13-11-22-15-25/h3-9,11,13-15H,2,10,12H2,1H3,(H,23,26)(H,24,27). The van der Waals surface area contributed by atoms with E-state index < -0.39 is 0 Å². The number of aryl methyl sites for hydroxylation is 2. The summed E-state index contributed by atoms with van der Waals surface area (Å²) in [5.74, 6) is -0.317. The number of amides is 2. The number of hydrogen-bond acceptors (Lipinski definition) is 3. The van der Waals surface area contributed by atoms with Crippen molar-refractivity contribution in [1.29, 1.82) is 0 Å².